The molecule has 0 aromatic carbocycles. The van der Waals surface area contributed by atoms with E-state index in [1.807, 2.05) is 11.4 Å². The second kappa shape index (κ2) is 3.60. The number of hydrogen-bond donors (Lipinski definition) is 0. The summed E-state index contributed by atoms with van der Waals surface area (Å²) in [5, 5.41) is 10.9. The third-order valence-corrected chi connectivity index (χ3v) is 2.74. The van der Waals surface area contributed by atoms with Gasteiger partial charge in [-0.2, -0.15) is 5.26 Å². The molecule has 2 rings (SSSR count). The summed E-state index contributed by atoms with van der Waals surface area (Å²) in [5.74, 6) is 0. The lowest BCUT2D eigenvalue weighted by Crippen LogP contribution is -2.19. The molecule has 0 amide bonds. The van der Waals surface area contributed by atoms with Crippen LogP contribution in [0.25, 0.3) is 10.2 Å². The minimum absolute atomic E-state index is 0.0634. The maximum atomic E-state index is 11.7. The minimum atomic E-state index is -0.0634. The van der Waals surface area contributed by atoms with Crippen molar-refractivity contribution in [3.05, 3.63) is 28.1 Å². The van der Waals surface area contributed by atoms with Crippen LogP contribution in [-0.4, -0.2) is 9.55 Å². The Morgan fingerprint density at radius 3 is 3.29 bits per heavy atom. The summed E-state index contributed by atoms with van der Waals surface area (Å²) in [6.45, 7) is 0.411. The molecule has 0 bridgehead atoms. The molecule has 0 N–H and O–H groups in total. The average Bonchev–Trinajstić information content (AvgIpc) is 2.66. The van der Waals surface area contributed by atoms with E-state index in [0.29, 0.717) is 18.4 Å². The Bertz CT molecular complexity index is 549. The van der Waals surface area contributed by atoms with E-state index in [1.165, 1.54) is 22.2 Å². The van der Waals surface area contributed by atoms with E-state index in [2.05, 4.69) is 4.98 Å². The fourth-order valence-electron chi connectivity index (χ4n) is 1.22. The van der Waals surface area contributed by atoms with Crippen molar-refractivity contribution in [3.63, 3.8) is 0 Å². The van der Waals surface area contributed by atoms with Crippen molar-refractivity contribution in [1.29, 1.82) is 5.26 Å². The number of rotatable bonds is 2. The van der Waals surface area contributed by atoms with Crippen LogP contribution in [-0.2, 0) is 6.54 Å². The van der Waals surface area contributed by atoms with E-state index in [-0.39, 0.29) is 5.56 Å². The van der Waals surface area contributed by atoms with Crippen LogP contribution in [0.15, 0.2) is 22.6 Å². The molecular formula is C9H7N3OS. The molecular weight excluding hydrogens is 198 g/mol. The molecule has 0 saturated heterocycles. The monoisotopic (exact) mass is 205 g/mol. The zero-order valence-electron chi connectivity index (χ0n) is 7.30. The van der Waals surface area contributed by atoms with E-state index in [4.69, 9.17) is 5.26 Å². The largest absolute Gasteiger partial charge is 0.298 e. The molecule has 2 aromatic rings. The van der Waals surface area contributed by atoms with Crippen LogP contribution in [0, 0.1) is 11.3 Å². The SMILES string of the molecule is N#CCCn1cnc2sccc2c1=O. The summed E-state index contributed by atoms with van der Waals surface area (Å²) < 4.78 is 1.47. The van der Waals surface area contributed by atoms with Crippen molar-refractivity contribution in [3.8, 4) is 6.07 Å². The van der Waals surface area contributed by atoms with Crippen molar-refractivity contribution >= 4 is 21.6 Å². The van der Waals surface area contributed by atoms with E-state index in [9.17, 15) is 4.79 Å². The van der Waals surface area contributed by atoms with Crippen LogP contribution >= 0.6 is 11.3 Å². The first-order valence-electron chi connectivity index (χ1n) is 4.12. The molecule has 0 fully saturated rings. The third kappa shape index (κ3) is 1.40. The van der Waals surface area contributed by atoms with Gasteiger partial charge in [0.05, 0.1) is 24.2 Å². The topological polar surface area (TPSA) is 58.7 Å². The first kappa shape index (κ1) is 8.91. The van der Waals surface area contributed by atoms with Crippen molar-refractivity contribution in [2.24, 2.45) is 0 Å². The average molecular weight is 205 g/mol. The van der Waals surface area contributed by atoms with Gasteiger partial charge < -0.3 is 0 Å². The fraction of sp³-hybridized carbons (Fsp3) is 0.222. The molecule has 14 heavy (non-hydrogen) atoms. The predicted molar refractivity (Wildman–Crippen MR) is 54.1 cm³/mol. The van der Waals surface area contributed by atoms with Gasteiger partial charge in [-0.15, -0.1) is 11.3 Å². The number of fused-ring (bicyclic) bond motifs is 1. The summed E-state index contributed by atoms with van der Waals surface area (Å²) in [5.41, 5.74) is -0.0634. The summed E-state index contributed by atoms with van der Waals surface area (Å²) in [7, 11) is 0. The maximum Gasteiger partial charge on any atom is 0.262 e. The Kier molecular flexibility index (Phi) is 2.29. The molecule has 0 unspecified atom stereocenters. The molecule has 0 radical (unpaired) electrons. The molecule has 0 atom stereocenters. The van der Waals surface area contributed by atoms with Gasteiger partial charge in [-0.25, -0.2) is 4.98 Å². The van der Waals surface area contributed by atoms with Crippen LogP contribution in [0.1, 0.15) is 6.42 Å². The van der Waals surface area contributed by atoms with Crippen molar-refractivity contribution in [2.75, 3.05) is 0 Å². The van der Waals surface area contributed by atoms with Gasteiger partial charge in [0.25, 0.3) is 5.56 Å². The van der Waals surface area contributed by atoms with Crippen LogP contribution in [0.3, 0.4) is 0 Å². The van der Waals surface area contributed by atoms with Gasteiger partial charge in [-0.3, -0.25) is 9.36 Å². The lowest BCUT2D eigenvalue weighted by atomic mass is 10.4. The summed E-state index contributed by atoms with van der Waals surface area (Å²) >= 11 is 1.44. The molecule has 2 aromatic heterocycles. The number of nitrogens with zero attached hydrogens (tertiary/aromatic N) is 3. The zero-order chi connectivity index (χ0) is 9.97. The van der Waals surface area contributed by atoms with Gasteiger partial charge in [0.15, 0.2) is 0 Å². The Morgan fingerprint density at radius 2 is 2.50 bits per heavy atom. The number of nitriles is 1. The summed E-state index contributed by atoms with van der Waals surface area (Å²) in [6, 6.07) is 3.76. The normalized spacial score (nSPS) is 10.2. The molecule has 70 valence electrons. The second-order valence-electron chi connectivity index (χ2n) is 2.79. The smallest absolute Gasteiger partial charge is 0.262 e. The minimum Gasteiger partial charge on any atom is -0.298 e. The van der Waals surface area contributed by atoms with E-state index < -0.39 is 0 Å². The molecule has 0 aliphatic rings. The molecule has 0 aliphatic carbocycles. The molecule has 0 aliphatic heterocycles. The number of thiophene rings is 1. The first-order chi connectivity index (χ1) is 6.83. The highest BCUT2D eigenvalue weighted by Crippen LogP contribution is 2.13. The zero-order valence-corrected chi connectivity index (χ0v) is 8.12. The Hall–Kier alpha value is -1.67. The van der Waals surface area contributed by atoms with Gasteiger partial charge in [0.2, 0.25) is 0 Å². The van der Waals surface area contributed by atoms with Gasteiger partial charge in [-0.05, 0) is 11.4 Å². The van der Waals surface area contributed by atoms with Gasteiger partial charge >= 0.3 is 0 Å². The standard InChI is InChI=1S/C9H7N3OS/c10-3-1-4-12-6-11-8-7(9(12)13)2-5-14-8/h2,5-6H,1,4H2. The first-order valence-corrected chi connectivity index (χ1v) is 5.00. The van der Waals surface area contributed by atoms with Crippen LogP contribution in [0.4, 0.5) is 0 Å². The molecule has 0 spiro atoms. The number of hydrogen-bond acceptors (Lipinski definition) is 4. The Balaban J connectivity index is 2.52. The molecule has 5 heteroatoms. The lowest BCUT2D eigenvalue weighted by Gasteiger charge is -2.00. The van der Waals surface area contributed by atoms with Crippen molar-refractivity contribution in [1.82, 2.24) is 9.55 Å². The molecule has 2 heterocycles. The number of aromatic nitrogens is 2. The lowest BCUT2D eigenvalue weighted by molar-refractivity contribution is 0.679. The highest BCUT2D eigenvalue weighted by molar-refractivity contribution is 7.16. The molecule has 4 nitrogen and oxygen atoms in total. The molecule has 0 saturated carbocycles. The van der Waals surface area contributed by atoms with Crippen molar-refractivity contribution < 1.29 is 0 Å². The highest BCUT2D eigenvalue weighted by Gasteiger charge is 2.03. The van der Waals surface area contributed by atoms with Gasteiger partial charge in [0, 0.05) is 6.54 Å². The van der Waals surface area contributed by atoms with Gasteiger partial charge in [0.1, 0.15) is 4.83 Å². The summed E-state index contributed by atoms with van der Waals surface area (Å²) in [4.78, 5) is 16.6. The Labute approximate surface area is 84.1 Å². The summed E-state index contributed by atoms with van der Waals surface area (Å²) in [6.07, 6.45) is 1.83. The van der Waals surface area contributed by atoms with Crippen LogP contribution in [0.5, 0.6) is 0 Å². The second-order valence-corrected chi connectivity index (χ2v) is 3.69. The third-order valence-electron chi connectivity index (χ3n) is 1.91. The Morgan fingerprint density at radius 1 is 1.64 bits per heavy atom. The van der Waals surface area contributed by atoms with Crippen LogP contribution < -0.4 is 5.56 Å². The van der Waals surface area contributed by atoms with Gasteiger partial charge in [-0.1, -0.05) is 0 Å². The van der Waals surface area contributed by atoms with E-state index in [0.717, 1.165) is 4.83 Å². The fourth-order valence-corrected chi connectivity index (χ4v) is 1.95. The maximum absolute atomic E-state index is 11.7. The quantitative estimate of drug-likeness (QED) is 0.744. The van der Waals surface area contributed by atoms with E-state index in [1.54, 1.807) is 6.07 Å². The van der Waals surface area contributed by atoms with Crippen LogP contribution in [0.2, 0.25) is 0 Å². The predicted octanol–water partition coefficient (Wildman–Crippen LogP) is 1.37. The van der Waals surface area contributed by atoms with E-state index >= 15 is 0 Å². The number of aryl methyl sites for hydroxylation is 1. The highest BCUT2D eigenvalue weighted by atomic mass is 32.1. The van der Waals surface area contributed by atoms with Crippen molar-refractivity contribution in [2.45, 2.75) is 13.0 Å².